The normalized spacial score (nSPS) is 22.2. The van der Waals surface area contributed by atoms with E-state index >= 15 is 0 Å². The molecule has 2 amide bonds. The fraction of sp³-hybridized carbons (Fsp3) is 0.595. The van der Waals surface area contributed by atoms with E-state index in [0.717, 1.165) is 38.0 Å². The van der Waals surface area contributed by atoms with Gasteiger partial charge in [0.25, 0.3) is 0 Å². The number of likely N-dealkylation sites (tertiary alicyclic amines) is 1. The number of carbonyl (C=O) groups is 2. The van der Waals surface area contributed by atoms with Crippen molar-refractivity contribution in [3.8, 4) is 11.8 Å². The van der Waals surface area contributed by atoms with Crippen LogP contribution < -0.4 is 25.4 Å². The van der Waals surface area contributed by atoms with Crippen molar-refractivity contribution in [2.24, 2.45) is 11.3 Å². The lowest BCUT2D eigenvalue weighted by Crippen LogP contribution is -2.43. The summed E-state index contributed by atoms with van der Waals surface area (Å²) in [4.78, 5) is 42.8. The number of fused-ring (bicyclic) bond motifs is 12. The van der Waals surface area contributed by atoms with Crippen molar-refractivity contribution in [3.05, 3.63) is 53.8 Å². The molecular formula is C37H49F3N8O6. The molecule has 3 N–H and O–H groups in total. The Bertz CT molecular complexity index is 1630. The van der Waals surface area contributed by atoms with Crippen molar-refractivity contribution in [2.45, 2.75) is 63.8 Å². The van der Waals surface area contributed by atoms with Gasteiger partial charge in [0.2, 0.25) is 17.8 Å². The molecule has 6 bridgehead atoms. The Hall–Kier alpha value is -4.64. The van der Waals surface area contributed by atoms with Crippen LogP contribution in [0.2, 0.25) is 0 Å². The number of methoxy groups -OCH3 is 1. The summed E-state index contributed by atoms with van der Waals surface area (Å²) in [5, 5.41) is 9.25. The van der Waals surface area contributed by atoms with Gasteiger partial charge in [-0.15, -0.1) is 0 Å². The van der Waals surface area contributed by atoms with E-state index in [1.54, 1.807) is 35.3 Å². The highest BCUT2D eigenvalue weighted by Crippen LogP contribution is 2.46. The van der Waals surface area contributed by atoms with Gasteiger partial charge < -0.3 is 44.7 Å². The number of nitrogens with zero attached hydrogens (tertiary/aromatic N) is 5. The minimum atomic E-state index is -4.60. The molecule has 2 aliphatic carbocycles. The van der Waals surface area contributed by atoms with Crippen LogP contribution in [-0.4, -0.2) is 115 Å². The number of aromatic nitrogens is 3. The Labute approximate surface area is 312 Å². The lowest BCUT2D eigenvalue weighted by atomic mass is 9.94. The summed E-state index contributed by atoms with van der Waals surface area (Å²) in [6, 6.07) is 6.75. The highest BCUT2D eigenvalue weighted by Gasteiger charge is 2.45. The van der Waals surface area contributed by atoms with E-state index in [2.05, 4.69) is 35.8 Å². The molecule has 14 nitrogen and oxygen atoms in total. The maximum atomic E-state index is 13.7. The number of halogens is 3. The average molecular weight is 759 g/mol. The molecule has 1 saturated carbocycles. The van der Waals surface area contributed by atoms with Crippen LogP contribution >= 0.6 is 0 Å². The van der Waals surface area contributed by atoms with Gasteiger partial charge in [-0.3, -0.25) is 4.79 Å². The van der Waals surface area contributed by atoms with E-state index in [1.165, 1.54) is 20.0 Å². The van der Waals surface area contributed by atoms with Gasteiger partial charge in [-0.2, -0.15) is 28.1 Å². The number of allylic oxidation sites excluding steroid dienone is 1. The van der Waals surface area contributed by atoms with Crippen molar-refractivity contribution in [1.29, 1.82) is 0 Å². The standard InChI is InChI=1S/C37H49F3N8O6/c1-51-35(50)48-17-4-5-19-53-30-21-27(9-12-29(30)31(49)42-23-36(13-14-36)24-47-15-2-3-16-47)43-33-44-32(45-34(46-33)54-25-37(38,39)40)41-22-26-7-10-28(11-8-26)52-20-6-18-48/h7-12,21,29-30H,2-6,13-20,22-25H2,1H3,(H,42,49)(H2,41,43,44,45,46). The molecule has 2 unspecified atom stereocenters. The lowest BCUT2D eigenvalue weighted by Gasteiger charge is -2.28. The van der Waals surface area contributed by atoms with Gasteiger partial charge in [-0.05, 0) is 87.9 Å². The van der Waals surface area contributed by atoms with E-state index in [1.807, 2.05) is 12.1 Å². The fourth-order valence-corrected chi connectivity index (χ4v) is 6.71. The fourth-order valence-electron chi connectivity index (χ4n) is 6.71. The van der Waals surface area contributed by atoms with E-state index in [9.17, 15) is 22.8 Å². The summed E-state index contributed by atoms with van der Waals surface area (Å²) in [7, 11) is 1.35. The van der Waals surface area contributed by atoms with Crippen LogP contribution in [0.4, 0.5) is 29.9 Å². The zero-order valence-corrected chi connectivity index (χ0v) is 30.5. The zero-order valence-electron chi connectivity index (χ0n) is 30.5. The molecule has 5 aliphatic rings. The molecule has 1 saturated heterocycles. The number of carbonyl (C=O) groups excluding carboxylic acids is 2. The first-order valence-corrected chi connectivity index (χ1v) is 18.6. The van der Waals surface area contributed by atoms with Gasteiger partial charge in [-0.25, -0.2) is 4.79 Å². The third kappa shape index (κ3) is 11.7. The first-order valence-electron chi connectivity index (χ1n) is 18.6. The average Bonchev–Trinajstić information content (AvgIpc) is 3.73. The minimum Gasteiger partial charge on any atom is -0.494 e. The zero-order chi connectivity index (χ0) is 38.0. The number of hydrogen-bond donors (Lipinski definition) is 3. The minimum absolute atomic E-state index is 0.00747. The predicted octanol–water partition coefficient (Wildman–Crippen LogP) is 4.92. The van der Waals surface area contributed by atoms with E-state index < -0.39 is 36.9 Å². The summed E-state index contributed by atoms with van der Waals surface area (Å²) in [5.41, 5.74) is 1.41. The van der Waals surface area contributed by atoms with Crippen LogP contribution in [0.3, 0.4) is 0 Å². The Morgan fingerprint density at radius 3 is 2.46 bits per heavy atom. The van der Waals surface area contributed by atoms with Gasteiger partial charge in [0.15, 0.2) is 6.61 Å². The van der Waals surface area contributed by atoms with Gasteiger partial charge in [0.05, 0.1) is 25.7 Å². The van der Waals surface area contributed by atoms with Gasteiger partial charge in [-0.1, -0.05) is 18.2 Å². The SMILES string of the molecule is COC(=O)N1CCCCOC2C=C(C=CC2C(=O)NCC2(CN3CCCC3)CC2)Nc2nc(nc(OCC(F)(F)F)n2)NCc2ccc(cc2)OCCC1. The number of rotatable bonds is 7. The van der Waals surface area contributed by atoms with Crippen LogP contribution in [0.1, 0.15) is 50.5 Å². The van der Waals surface area contributed by atoms with Crippen LogP contribution in [-0.2, 0) is 20.8 Å². The maximum absolute atomic E-state index is 13.7. The van der Waals surface area contributed by atoms with Crippen LogP contribution in [0.5, 0.6) is 11.8 Å². The number of amides is 2. The van der Waals surface area contributed by atoms with E-state index in [0.29, 0.717) is 63.6 Å². The maximum Gasteiger partial charge on any atom is 0.422 e. The number of alkyl halides is 3. The third-order valence-electron chi connectivity index (χ3n) is 9.85. The van der Waals surface area contributed by atoms with Crippen molar-refractivity contribution in [1.82, 2.24) is 30.1 Å². The van der Waals surface area contributed by atoms with Gasteiger partial charge in [0, 0.05) is 50.4 Å². The molecule has 17 heteroatoms. The van der Waals surface area contributed by atoms with Gasteiger partial charge in [0.1, 0.15) is 5.75 Å². The molecule has 7 rings (SSSR count). The second-order valence-electron chi connectivity index (χ2n) is 14.2. The highest BCUT2D eigenvalue weighted by molar-refractivity contribution is 5.82. The molecular weight excluding hydrogens is 709 g/mol. The Morgan fingerprint density at radius 2 is 1.72 bits per heavy atom. The number of ether oxygens (including phenoxy) is 4. The number of hydrogen-bond acceptors (Lipinski definition) is 12. The van der Waals surface area contributed by atoms with Gasteiger partial charge >= 0.3 is 18.3 Å². The van der Waals surface area contributed by atoms with E-state index in [-0.39, 0.29) is 29.8 Å². The molecule has 2 aromatic rings. The monoisotopic (exact) mass is 758 g/mol. The van der Waals surface area contributed by atoms with Crippen molar-refractivity contribution < 1.29 is 41.7 Å². The van der Waals surface area contributed by atoms with E-state index in [4.69, 9.17) is 18.9 Å². The molecule has 4 heterocycles. The smallest absolute Gasteiger partial charge is 0.422 e. The molecule has 1 aromatic carbocycles. The van der Waals surface area contributed by atoms with Crippen molar-refractivity contribution >= 4 is 23.9 Å². The molecule has 0 spiro atoms. The summed E-state index contributed by atoms with van der Waals surface area (Å²) in [6.45, 7) is 4.02. The first kappa shape index (κ1) is 39.1. The molecule has 2 fully saturated rings. The molecule has 2 atom stereocenters. The molecule has 0 radical (unpaired) electrons. The van der Waals surface area contributed by atoms with Crippen molar-refractivity contribution in [2.75, 3.05) is 76.8 Å². The highest BCUT2D eigenvalue weighted by atomic mass is 19.4. The third-order valence-corrected chi connectivity index (χ3v) is 9.85. The summed E-state index contributed by atoms with van der Waals surface area (Å²) in [5.74, 6) is -0.219. The largest absolute Gasteiger partial charge is 0.494 e. The van der Waals surface area contributed by atoms with Crippen LogP contribution in [0, 0.1) is 11.3 Å². The second kappa shape index (κ2) is 18.1. The molecule has 54 heavy (non-hydrogen) atoms. The lowest BCUT2D eigenvalue weighted by molar-refractivity contribution is -0.154. The quantitative estimate of drug-likeness (QED) is 0.352. The second-order valence-corrected chi connectivity index (χ2v) is 14.2. The molecule has 294 valence electrons. The summed E-state index contributed by atoms with van der Waals surface area (Å²) < 4.78 is 61.2. The number of anilines is 2. The molecule has 3 aliphatic heterocycles. The Morgan fingerprint density at radius 1 is 0.981 bits per heavy atom. The molecule has 1 aromatic heterocycles. The van der Waals surface area contributed by atoms with Crippen molar-refractivity contribution in [3.63, 3.8) is 0 Å². The predicted molar refractivity (Wildman–Crippen MR) is 193 cm³/mol. The topological polar surface area (TPSA) is 152 Å². The number of nitrogens with one attached hydrogen (secondary N) is 3. The Balaban J connectivity index is 1.20. The summed E-state index contributed by atoms with van der Waals surface area (Å²) >= 11 is 0. The summed E-state index contributed by atoms with van der Waals surface area (Å²) in [6.07, 6.45) is 5.90. The number of benzene rings is 1. The van der Waals surface area contributed by atoms with Crippen LogP contribution in [0.15, 0.2) is 48.2 Å². The van der Waals surface area contributed by atoms with Crippen LogP contribution in [0.25, 0.3) is 0 Å². The first-order chi connectivity index (χ1) is 26.1. The Kier molecular flexibility index (Phi) is 13.1.